The molecule has 0 aliphatic heterocycles. The Hall–Kier alpha value is -2.67. The highest BCUT2D eigenvalue weighted by atomic mass is 32.1. The zero-order valence-electron chi connectivity index (χ0n) is 13.8. The lowest BCUT2D eigenvalue weighted by Gasteiger charge is -2.08. The largest absolute Gasteiger partial charge is 0.481 e. The Morgan fingerprint density at radius 2 is 1.88 bits per heavy atom. The van der Waals surface area contributed by atoms with Gasteiger partial charge in [-0.25, -0.2) is 4.79 Å². The summed E-state index contributed by atoms with van der Waals surface area (Å²) in [5.74, 6) is -1.76. The van der Waals surface area contributed by atoms with Gasteiger partial charge in [-0.3, -0.25) is 9.59 Å². The van der Waals surface area contributed by atoms with Gasteiger partial charge in [-0.2, -0.15) is 0 Å². The number of nitrogens with one attached hydrogen (secondary N) is 1. The lowest BCUT2D eigenvalue weighted by Crippen LogP contribution is -2.14. The fourth-order valence-corrected chi connectivity index (χ4v) is 3.25. The van der Waals surface area contributed by atoms with Crippen LogP contribution in [0, 0.1) is 0 Å². The van der Waals surface area contributed by atoms with Crippen molar-refractivity contribution in [2.24, 2.45) is 0 Å². The highest BCUT2D eigenvalue weighted by Gasteiger charge is 2.22. The second-order valence-corrected chi connectivity index (χ2v) is 6.12. The van der Waals surface area contributed by atoms with Gasteiger partial charge in [-0.15, -0.1) is 11.3 Å². The minimum Gasteiger partial charge on any atom is -0.481 e. The zero-order chi connectivity index (χ0) is 18.2. The molecule has 1 aromatic carbocycles. The first-order valence-corrected chi connectivity index (χ1v) is 8.76. The standard InChI is InChI=1S/C18H19NO5S/c1-2-24-18(23)16-13(12-7-4-3-5-8-12)11-25-17(16)19-14(20)9-6-10-15(21)22/h3-5,7-8,11H,2,6,9-10H2,1H3,(H,19,20)(H,21,22). The molecular formula is C18H19NO5S. The van der Waals surface area contributed by atoms with Crippen LogP contribution in [-0.4, -0.2) is 29.6 Å². The number of carbonyl (C=O) groups is 3. The van der Waals surface area contributed by atoms with Crippen molar-refractivity contribution < 1.29 is 24.2 Å². The number of anilines is 1. The number of amides is 1. The number of thiophene rings is 1. The Bertz CT molecular complexity index is 754. The highest BCUT2D eigenvalue weighted by molar-refractivity contribution is 7.15. The molecule has 7 heteroatoms. The molecule has 25 heavy (non-hydrogen) atoms. The van der Waals surface area contributed by atoms with E-state index in [2.05, 4.69) is 5.32 Å². The van der Waals surface area contributed by atoms with E-state index in [0.717, 1.165) is 5.56 Å². The first-order chi connectivity index (χ1) is 12.0. The summed E-state index contributed by atoms with van der Waals surface area (Å²) in [6.07, 6.45) is 0.248. The van der Waals surface area contributed by atoms with E-state index >= 15 is 0 Å². The van der Waals surface area contributed by atoms with E-state index in [0.29, 0.717) is 16.1 Å². The number of carbonyl (C=O) groups excluding carboxylic acids is 2. The summed E-state index contributed by atoms with van der Waals surface area (Å²) in [7, 11) is 0. The molecular weight excluding hydrogens is 342 g/mol. The first-order valence-electron chi connectivity index (χ1n) is 7.88. The molecule has 0 fully saturated rings. The van der Waals surface area contributed by atoms with Gasteiger partial charge in [0.15, 0.2) is 0 Å². The van der Waals surface area contributed by atoms with E-state index in [4.69, 9.17) is 9.84 Å². The van der Waals surface area contributed by atoms with Gasteiger partial charge in [0.05, 0.1) is 6.61 Å². The Balaban J connectivity index is 2.23. The van der Waals surface area contributed by atoms with Crippen LogP contribution in [0.3, 0.4) is 0 Å². The monoisotopic (exact) mass is 361 g/mol. The van der Waals surface area contributed by atoms with Gasteiger partial charge in [-0.05, 0) is 18.9 Å². The molecule has 0 radical (unpaired) electrons. The molecule has 6 nitrogen and oxygen atoms in total. The lowest BCUT2D eigenvalue weighted by molar-refractivity contribution is -0.137. The van der Waals surface area contributed by atoms with E-state index < -0.39 is 11.9 Å². The molecule has 0 atom stereocenters. The molecule has 1 amide bonds. The van der Waals surface area contributed by atoms with Crippen LogP contribution in [0.4, 0.5) is 5.00 Å². The van der Waals surface area contributed by atoms with Crippen molar-refractivity contribution in [1.82, 2.24) is 0 Å². The topological polar surface area (TPSA) is 92.7 Å². The third-order valence-electron chi connectivity index (χ3n) is 3.40. The molecule has 2 rings (SSSR count). The third kappa shape index (κ3) is 5.15. The number of hydrogen-bond acceptors (Lipinski definition) is 5. The first kappa shape index (κ1) is 18.7. The summed E-state index contributed by atoms with van der Waals surface area (Å²) in [6.45, 7) is 1.95. The van der Waals surface area contributed by atoms with Crippen molar-refractivity contribution in [3.8, 4) is 11.1 Å². The third-order valence-corrected chi connectivity index (χ3v) is 4.30. The van der Waals surface area contributed by atoms with Crippen LogP contribution in [0.2, 0.25) is 0 Å². The predicted molar refractivity (Wildman–Crippen MR) is 95.8 cm³/mol. The van der Waals surface area contributed by atoms with Crippen LogP contribution < -0.4 is 5.32 Å². The summed E-state index contributed by atoms with van der Waals surface area (Å²) >= 11 is 1.24. The number of carboxylic acid groups (broad SMARTS) is 1. The van der Waals surface area contributed by atoms with Crippen molar-refractivity contribution in [2.45, 2.75) is 26.2 Å². The van der Waals surface area contributed by atoms with E-state index in [9.17, 15) is 14.4 Å². The maximum absolute atomic E-state index is 12.4. The van der Waals surface area contributed by atoms with Gasteiger partial charge in [0.25, 0.3) is 0 Å². The number of rotatable bonds is 8. The van der Waals surface area contributed by atoms with Crippen LogP contribution in [0.1, 0.15) is 36.5 Å². The molecule has 132 valence electrons. The van der Waals surface area contributed by atoms with Crippen LogP contribution in [0.25, 0.3) is 11.1 Å². The van der Waals surface area contributed by atoms with Crippen LogP contribution in [0.15, 0.2) is 35.7 Å². The van der Waals surface area contributed by atoms with E-state index in [1.54, 1.807) is 12.3 Å². The molecule has 0 aliphatic carbocycles. The van der Waals surface area contributed by atoms with Crippen molar-refractivity contribution in [3.05, 3.63) is 41.3 Å². The van der Waals surface area contributed by atoms with Gasteiger partial charge in [0.1, 0.15) is 10.6 Å². The van der Waals surface area contributed by atoms with Gasteiger partial charge < -0.3 is 15.2 Å². The molecule has 0 saturated heterocycles. The molecule has 0 unspecified atom stereocenters. The predicted octanol–water partition coefficient (Wildman–Crippen LogP) is 3.79. The molecule has 0 saturated carbocycles. The smallest absolute Gasteiger partial charge is 0.341 e. The number of esters is 1. The fourth-order valence-electron chi connectivity index (χ4n) is 2.28. The number of carboxylic acids is 1. The molecule has 0 bridgehead atoms. The van der Waals surface area contributed by atoms with Gasteiger partial charge in [0.2, 0.25) is 5.91 Å². The van der Waals surface area contributed by atoms with E-state index in [1.807, 2.05) is 30.3 Å². The van der Waals surface area contributed by atoms with Crippen molar-refractivity contribution >= 4 is 34.2 Å². The number of benzene rings is 1. The molecule has 0 aliphatic rings. The Kier molecular flexibility index (Phi) is 6.71. The summed E-state index contributed by atoms with van der Waals surface area (Å²) in [5, 5.41) is 13.5. The maximum Gasteiger partial charge on any atom is 0.341 e. The van der Waals surface area contributed by atoms with Gasteiger partial charge in [-0.1, -0.05) is 30.3 Å². The number of aliphatic carboxylic acids is 1. The molecule has 0 spiro atoms. The molecule has 1 aromatic heterocycles. The summed E-state index contributed by atoms with van der Waals surface area (Å²) in [6, 6.07) is 9.37. The van der Waals surface area contributed by atoms with Crippen LogP contribution in [-0.2, 0) is 14.3 Å². The summed E-state index contributed by atoms with van der Waals surface area (Å²) in [5.41, 5.74) is 1.88. The van der Waals surface area contributed by atoms with Crippen molar-refractivity contribution in [1.29, 1.82) is 0 Å². The molecule has 1 heterocycles. The quantitative estimate of drug-likeness (QED) is 0.698. The van der Waals surface area contributed by atoms with Crippen LogP contribution in [0.5, 0.6) is 0 Å². The second-order valence-electron chi connectivity index (χ2n) is 5.24. The maximum atomic E-state index is 12.4. The Morgan fingerprint density at radius 3 is 2.52 bits per heavy atom. The minimum absolute atomic E-state index is 0.0716. The Morgan fingerprint density at radius 1 is 1.16 bits per heavy atom. The Labute approximate surface area is 149 Å². The second kappa shape index (κ2) is 8.98. The van der Waals surface area contributed by atoms with Crippen molar-refractivity contribution in [2.75, 3.05) is 11.9 Å². The highest BCUT2D eigenvalue weighted by Crippen LogP contribution is 2.36. The van der Waals surface area contributed by atoms with E-state index in [1.165, 1.54) is 11.3 Å². The SMILES string of the molecule is CCOC(=O)c1c(-c2ccccc2)csc1NC(=O)CCCC(=O)O. The normalized spacial score (nSPS) is 10.3. The van der Waals surface area contributed by atoms with Gasteiger partial charge in [0, 0.05) is 23.8 Å². The molecule has 2 aromatic rings. The summed E-state index contributed by atoms with van der Waals surface area (Å²) in [4.78, 5) is 34.9. The van der Waals surface area contributed by atoms with Crippen molar-refractivity contribution in [3.63, 3.8) is 0 Å². The van der Waals surface area contributed by atoms with Gasteiger partial charge >= 0.3 is 11.9 Å². The average molecular weight is 361 g/mol. The lowest BCUT2D eigenvalue weighted by atomic mass is 10.0. The minimum atomic E-state index is -0.942. The van der Waals surface area contributed by atoms with E-state index in [-0.39, 0.29) is 31.8 Å². The average Bonchev–Trinajstić information content (AvgIpc) is 2.99. The molecule has 2 N–H and O–H groups in total. The number of ether oxygens (including phenoxy) is 1. The fraction of sp³-hybridized carbons (Fsp3) is 0.278. The summed E-state index contributed by atoms with van der Waals surface area (Å²) < 4.78 is 5.12. The van der Waals surface area contributed by atoms with Crippen LogP contribution >= 0.6 is 11.3 Å². The number of hydrogen-bond donors (Lipinski definition) is 2. The zero-order valence-corrected chi connectivity index (χ0v) is 14.6.